The van der Waals surface area contributed by atoms with Crippen LogP contribution in [0.5, 0.6) is 0 Å². The van der Waals surface area contributed by atoms with Gasteiger partial charge in [-0.1, -0.05) is 0 Å². The molecule has 0 bridgehead atoms. The number of hydrogen-bond acceptors (Lipinski definition) is 4. The van der Waals surface area contributed by atoms with Crippen LogP contribution in [0.2, 0.25) is 0 Å². The minimum Gasteiger partial charge on any atom is -0.448 e. The zero-order valence-electron chi connectivity index (χ0n) is 7.77. The predicted molar refractivity (Wildman–Crippen MR) is 60.0 cm³/mol. The van der Waals surface area contributed by atoms with Gasteiger partial charge in [-0.25, -0.2) is 4.98 Å². The third kappa shape index (κ3) is 1.55. The second-order valence-corrected chi connectivity index (χ2v) is 5.58. The molecule has 0 aromatic carbocycles. The van der Waals surface area contributed by atoms with E-state index in [4.69, 9.17) is 9.15 Å². The van der Waals surface area contributed by atoms with E-state index in [2.05, 4.69) is 26.3 Å². The zero-order chi connectivity index (χ0) is 10.3. The molecule has 78 valence electrons. The summed E-state index contributed by atoms with van der Waals surface area (Å²) in [6, 6.07) is 0. The van der Waals surface area contributed by atoms with Crippen molar-refractivity contribution in [3.63, 3.8) is 0 Å². The second-order valence-electron chi connectivity index (χ2n) is 3.38. The number of halogens is 1. The Kier molecular flexibility index (Phi) is 2.38. The first kappa shape index (κ1) is 9.57. The molecule has 0 saturated heterocycles. The van der Waals surface area contributed by atoms with E-state index in [0.717, 1.165) is 9.68 Å². The predicted octanol–water partition coefficient (Wildman–Crippen LogP) is 3.16. The van der Waals surface area contributed by atoms with Crippen molar-refractivity contribution < 1.29 is 9.15 Å². The summed E-state index contributed by atoms with van der Waals surface area (Å²) in [6.45, 7) is 1.33. The Bertz CT molecular complexity index is 466. The van der Waals surface area contributed by atoms with Crippen molar-refractivity contribution in [2.24, 2.45) is 0 Å². The normalized spacial score (nSPS) is 20.2. The van der Waals surface area contributed by atoms with E-state index in [0.29, 0.717) is 13.2 Å². The van der Waals surface area contributed by atoms with Gasteiger partial charge in [0.1, 0.15) is 6.26 Å². The number of ether oxygens (including phenoxy) is 1. The summed E-state index contributed by atoms with van der Waals surface area (Å²) in [5, 5.41) is 2.15. The molecule has 0 saturated carbocycles. The molecule has 0 radical (unpaired) electrons. The fourth-order valence-corrected chi connectivity index (χ4v) is 3.26. The van der Waals surface area contributed by atoms with Crippen molar-refractivity contribution in [3.8, 4) is 0 Å². The quantitative estimate of drug-likeness (QED) is 0.807. The van der Waals surface area contributed by atoms with Crippen LogP contribution in [0.25, 0.3) is 0 Å². The van der Waals surface area contributed by atoms with Crippen LogP contribution in [0.1, 0.15) is 22.9 Å². The molecule has 5 heteroatoms. The van der Waals surface area contributed by atoms with Crippen molar-refractivity contribution in [2.75, 3.05) is 6.61 Å². The number of rotatable bonds is 1. The minimum absolute atomic E-state index is 0.145. The Morgan fingerprint density at radius 1 is 1.53 bits per heavy atom. The molecule has 2 aromatic rings. The van der Waals surface area contributed by atoms with Crippen molar-refractivity contribution in [1.82, 2.24) is 4.98 Å². The molecule has 3 rings (SSSR count). The van der Waals surface area contributed by atoms with Gasteiger partial charge < -0.3 is 9.15 Å². The summed E-state index contributed by atoms with van der Waals surface area (Å²) < 4.78 is 12.0. The van der Waals surface area contributed by atoms with Crippen LogP contribution in [0, 0.1) is 0 Å². The maximum Gasteiger partial charge on any atom is 0.203 e. The summed E-state index contributed by atoms with van der Waals surface area (Å²) in [6.07, 6.45) is 3.27. The molecule has 1 aliphatic heterocycles. The van der Waals surface area contributed by atoms with Gasteiger partial charge in [0.05, 0.1) is 29.1 Å². The average Bonchev–Trinajstić information content (AvgIpc) is 2.88. The summed E-state index contributed by atoms with van der Waals surface area (Å²) in [5.41, 5.74) is 2.51. The Morgan fingerprint density at radius 3 is 3.27 bits per heavy atom. The third-order valence-corrected chi connectivity index (χ3v) is 4.40. The number of aromatic nitrogens is 1. The smallest absolute Gasteiger partial charge is 0.203 e. The zero-order valence-corrected chi connectivity index (χ0v) is 10.2. The Hall–Kier alpha value is -0.650. The highest BCUT2D eigenvalue weighted by Gasteiger charge is 2.28. The average molecular weight is 286 g/mol. The lowest BCUT2D eigenvalue weighted by Gasteiger charge is -2.20. The van der Waals surface area contributed by atoms with Gasteiger partial charge in [0.25, 0.3) is 0 Å². The van der Waals surface area contributed by atoms with E-state index in [9.17, 15) is 0 Å². The molecule has 0 spiro atoms. The lowest BCUT2D eigenvalue weighted by molar-refractivity contribution is 0.0936. The topological polar surface area (TPSA) is 35.3 Å². The van der Waals surface area contributed by atoms with E-state index < -0.39 is 0 Å². The second kappa shape index (κ2) is 3.73. The Balaban J connectivity index is 2.07. The van der Waals surface area contributed by atoms with Gasteiger partial charge >= 0.3 is 0 Å². The van der Waals surface area contributed by atoms with E-state index in [1.165, 1.54) is 11.1 Å². The summed E-state index contributed by atoms with van der Waals surface area (Å²) in [5.74, 6) is 0.882. The lowest BCUT2D eigenvalue weighted by atomic mass is 9.97. The molecule has 3 nitrogen and oxygen atoms in total. The highest BCUT2D eigenvalue weighted by molar-refractivity contribution is 9.11. The third-order valence-electron chi connectivity index (χ3n) is 2.53. The van der Waals surface area contributed by atoms with E-state index >= 15 is 0 Å². The molecular weight excluding hydrogens is 278 g/mol. The maximum atomic E-state index is 5.55. The molecule has 1 aliphatic rings. The van der Waals surface area contributed by atoms with E-state index in [1.54, 1.807) is 23.8 Å². The SMILES string of the molecule is Brc1scc2c1COCC2c1ncco1. The molecule has 15 heavy (non-hydrogen) atoms. The van der Waals surface area contributed by atoms with Crippen molar-refractivity contribution in [1.29, 1.82) is 0 Å². The highest BCUT2D eigenvalue weighted by atomic mass is 79.9. The van der Waals surface area contributed by atoms with Crippen LogP contribution in [0.4, 0.5) is 0 Å². The van der Waals surface area contributed by atoms with Gasteiger partial charge in [0, 0.05) is 5.56 Å². The summed E-state index contributed by atoms with van der Waals surface area (Å²) >= 11 is 5.22. The van der Waals surface area contributed by atoms with Gasteiger partial charge in [0.15, 0.2) is 0 Å². The van der Waals surface area contributed by atoms with Crippen LogP contribution < -0.4 is 0 Å². The molecule has 0 N–H and O–H groups in total. The molecule has 0 aliphatic carbocycles. The van der Waals surface area contributed by atoms with E-state index in [1.807, 2.05) is 0 Å². The Labute approximate surface area is 99.2 Å². The molecule has 2 aromatic heterocycles. The van der Waals surface area contributed by atoms with Crippen LogP contribution in [-0.2, 0) is 11.3 Å². The van der Waals surface area contributed by atoms with Gasteiger partial charge in [-0.2, -0.15) is 0 Å². The van der Waals surface area contributed by atoms with Gasteiger partial charge in [-0.05, 0) is 26.9 Å². The molecule has 0 fully saturated rings. The maximum absolute atomic E-state index is 5.55. The Morgan fingerprint density at radius 2 is 2.47 bits per heavy atom. The van der Waals surface area contributed by atoms with Gasteiger partial charge in [0.2, 0.25) is 5.89 Å². The van der Waals surface area contributed by atoms with Crippen LogP contribution in [0.15, 0.2) is 26.0 Å². The van der Waals surface area contributed by atoms with Crippen molar-refractivity contribution in [3.05, 3.63) is 38.6 Å². The summed E-state index contributed by atoms with van der Waals surface area (Å²) in [7, 11) is 0. The highest BCUT2D eigenvalue weighted by Crippen LogP contribution is 2.39. The number of thiophene rings is 1. The first-order valence-electron chi connectivity index (χ1n) is 4.59. The van der Waals surface area contributed by atoms with Crippen molar-refractivity contribution >= 4 is 27.3 Å². The molecule has 0 amide bonds. The first-order valence-corrected chi connectivity index (χ1v) is 6.26. The van der Waals surface area contributed by atoms with Crippen LogP contribution >= 0.6 is 27.3 Å². The number of oxazole rings is 1. The molecule has 3 heterocycles. The number of nitrogens with zero attached hydrogens (tertiary/aromatic N) is 1. The van der Waals surface area contributed by atoms with Crippen molar-refractivity contribution in [2.45, 2.75) is 12.5 Å². The monoisotopic (exact) mass is 285 g/mol. The summed E-state index contributed by atoms with van der Waals surface area (Å²) in [4.78, 5) is 4.19. The van der Waals surface area contributed by atoms with Crippen LogP contribution in [0.3, 0.4) is 0 Å². The standard InChI is InChI=1S/C10H8BrNO2S/c11-9-6-3-13-4-7(8(6)5-15-9)10-12-1-2-14-10/h1-2,5,7H,3-4H2. The number of fused-ring (bicyclic) bond motifs is 1. The van der Waals surface area contributed by atoms with Gasteiger partial charge in [-0.15, -0.1) is 11.3 Å². The number of hydrogen-bond donors (Lipinski definition) is 0. The largest absolute Gasteiger partial charge is 0.448 e. The van der Waals surface area contributed by atoms with E-state index in [-0.39, 0.29) is 5.92 Å². The molecule has 1 unspecified atom stereocenters. The first-order chi connectivity index (χ1) is 7.36. The fraction of sp³-hybridized carbons (Fsp3) is 0.300. The van der Waals surface area contributed by atoms with Gasteiger partial charge in [-0.3, -0.25) is 0 Å². The fourth-order valence-electron chi connectivity index (χ4n) is 1.78. The lowest BCUT2D eigenvalue weighted by Crippen LogP contribution is -2.16. The molecular formula is C10H8BrNO2S. The molecule has 1 atom stereocenters. The van der Waals surface area contributed by atoms with Crippen LogP contribution in [-0.4, -0.2) is 11.6 Å². The minimum atomic E-state index is 0.145.